The molecule has 3 heterocycles. The zero-order valence-electron chi connectivity index (χ0n) is 23.8. The van der Waals surface area contributed by atoms with Crippen molar-refractivity contribution in [2.24, 2.45) is 5.73 Å². The molecule has 2 saturated carbocycles. The molecule has 4 N–H and O–H groups in total. The van der Waals surface area contributed by atoms with E-state index in [1.165, 1.54) is 35.3 Å². The zero-order chi connectivity index (χ0) is 28.7. The van der Waals surface area contributed by atoms with Crippen molar-refractivity contribution in [1.29, 1.82) is 0 Å². The third-order valence-electron chi connectivity index (χ3n) is 9.00. The van der Waals surface area contributed by atoms with Crippen LogP contribution in [0.1, 0.15) is 70.3 Å². The number of sulfonamides is 1. The van der Waals surface area contributed by atoms with Crippen LogP contribution < -0.4 is 16.4 Å². The van der Waals surface area contributed by atoms with Gasteiger partial charge < -0.3 is 20.9 Å². The normalized spacial score (nSPS) is 22.2. The highest BCUT2D eigenvalue weighted by Crippen LogP contribution is 2.36. The molecule has 0 unspecified atom stereocenters. The Hall–Kier alpha value is -2.78. The first kappa shape index (κ1) is 33.1. The number of nitrogens with zero attached hydrogens (tertiary/aromatic N) is 7. The van der Waals surface area contributed by atoms with Crippen LogP contribution in [-0.2, 0) is 10.0 Å². The molecule has 6 rings (SSSR count). The molecule has 43 heavy (non-hydrogen) atoms. The van der Waals surface area contributed by atoms with E-state index in [1.807, 2.05) is 6.33 Å². The van der Waals surface area contributed by atoms with Crippen molar-refractivity contribution in [2.75, 3.05) is 23.7 Å². The van der Waals surface area contributed by atoms with E-state index in [1.54, 1.807) is 0 Å². The molecule has 236 valence electrons. The Kier molecular flexibility index (Phi) is 10.4. The molecule has 1 aliphatic heterocycles. The number of aromatic nitrogens is 4. The number of fused-ring (bicyclic) bond motifs is 1. The van der Waals surface area contributed by atoms with Gasteiger partial charge in [0.05, 0.1) is 16.1 Å². The first-order chi connectivity index (χ1) is 19.7. The number of piperidine rings is 1. The predicted molar refractivity (Wildman–Crippen MR) is 169 cm³/mol. The van der Waals surface area contributed by atoms with Gasteiger partial charge in [-0.2, -0.15) is 14.3 Å². The highest BCUT2D eigenvalue weighted by atomic mass is 35.5. The fraction of sp³-hybridized carbons (Fsp3) is 0.593. The summed E-state index contributed by atoms with van der Waals surface area (Å²) in [5, 5.41) is 11.2. The molecule has 0 bridgehead atoms. The summed E-state index contributed by atoms with van der Waals surface area (Å²) in [7, 11) is -3.88. The molecule has 1 aromatic carbocycles. The van der Waals surface area contributed by atoms with E-state index in [-0.39, 0.29) is 66.6 Å². The molecule has 0 atom stereocenters. The van der Waals surface area contributed by atoms with Crippen LogP contribution in [0, 0.1) is 10.1 Å². The van der Waals surface area contributed by atoms with Gasteiger partial charge in [0.2, 0.25) is 16.0 Å². The van der Waals surface area contributed by atoms with E-state index in [9.17, 15) is 18.5 Å². The lowest BCUT2D eigenvalue weighted by Crippen LogP contribution is -2.52. The Morgan fingerprint density at radius 2 is 1.60 bits per heavy atom. The van der Waals surface area contributed by atoms with Gasteiger partial charge in [0.25, 0.3) is 5.69 Å². The summed E-state index contributed by atoms with van der Waals surface area (Å²) in [6.07, 6.45) is 11.1. The molecule has 2 aliphatic carbocycles. The minimum atomic E-state index is -3.88. The Bertz CT molecular complexity index is 1530. The molecule has 3 aliphatic rings. The average molecular weight is 657 g/mol. The van der Waals surface area contributed by atoms with Gasteiger partial charge in [-0.1, -0.05) is 18.9 Å². The number of nitro groups is 1. The number of non-ortho nitro benzene ring substituents is 1. The SMILES string of the molecule is Cl.Cl.Nc1nc(N(C2CCC(N)CC2)C2CCN(S(=O)(=O)c3cccc([N+](=O)[O-])c3)CC2)nc2c1ncn2C1CCCC1. The van der Waals surface area contributed by atoms with Crippen molar-refractivity contribution in [3.63, 3.8) is 0 Å². The van der Waals surface area contributed by atoms with Crippen LogP contribution in [0.4, 0.5) is 17.5 Å². The Morgan fingerprint density at radius 1 is 0.953 bits per heavy atom. The molecule has 2 aromatic heterocycles. The quantitative estimate of drug-likeness (QED) is 0.276. The summed E-state index contributed by atoms with van der Waals surface area (Å²) in [6.45, 7) is 0.576. The maximum Gasteiger partial charge on any atom is 0.270 e. The fourth-order valence-corrected chi connectivity index (χ4v) is 8.27. The first-order valence-corrected chi connectivity index (χ1v) is 15.9. The molecule has 3 aromatic rings. The summed E-state index contributed by atoms with van der Waals surface area (Å²) >= 11 is 0. The van der Waals surface area contributed by atoms with Crippen LogP contribution in [0.2, 0.25) is 0 Å². The third kappa shape index (κ3) is 6.53. The summed E-state index contributed by atoms with van der Waals surface area (Å²) in [6, 6.07) is 5.92. The summed E-state index contributed by atoms with van der Waals surface area (Å²) in [5.74, 6) is 0.917. The summed E-state index contributed by atoms with van der Waals surface area (Å²) < 4.78 is 30.4. The first-order valence-electron chi connectivity index (χ1n) is 14.5. The number of imidazole rings is 1. The second-order valence-electron chi connectivity index (χ2n) is 11.5. The maximum absolute atomic E-state index is 13.4. The van der Waals surface area contributed by atoms with Crippen molar-refractivity contribution in [3.05, 3.63) is 40.7 Å². The number of nitro benzene ring substituents is 1. The highest BCUT2D eigenvalue weighted by molar-refractivity contribution is 7.89. The lowest BCUT2D eigenvalue weighted by Gasteiger charge is -2.44. The lowest BCUT2D eigenvalue weighted by molar-refractivity contribution is -0.385. The van der Waals surface area contributed by atoms with Gasteiger partial charge in [-0.15, -0.1) is 24.8 Å². The zero-order valence-corrected chi connectivity index (χ0v) is 26.3. The monoisotopic (exact) mass is 655 g/mol. The Morgan fingerprint density at radius 3 is 2.26 bits per heavy atom. The minimum absolute atomic E-state index is 0. The lowest BCUT2D eigenvalue weighted by atomic mass is 9.89. The van der Waals surface area contributed by atoms with Crippen LogP contribution in [0.15, 0.2) is 35.5 Å². The number of halogens is 2. The maximum atomic E-state index is 13.4. The van der Waals surface area contributed by atoms with Crippen molar-refractivity contribution in [3.8, 4) is 0 Å². The number of benzene rings is 1. The van der Waals surface area contributed by atoms with Gasteiger partial charge >= 0.3 is 0 Å². The van der Waals surface area contributed by atoms with Crippen molar-refractivity contribution >= 4 is 63.5 Å². The van der Waals surface area contributed by atoms with Gasteiger partial charge in [-0.25, -0.2) is 13.4 Å². The fourth-order valence-electron chi connectivity index (χ4n) is 6.76. The number of rotatable bonds is 7. The summed E-state index contributed by atoms with van der Waals surface area (Å²) in [5.41, 5.74) is 13.8. The van der Waals surface area contributed by atoms with E-state index >= 15 is 0 Å². The third-order valence-corrected chi connectivity index (χ3v) is 10.9. The number of hydrogen-bond donors (Lipinski definition) is 2. The Balaban J connectivity index is 0.00000212. The van der Waals surface area contributed by atoms with Crippen molar-refractivity contribution in [2.45, 2.75) is 93.3 Å². The van der Waals surface area contributed by atoms with Crippen LogP contribution in [0.3, 0.4) is 0 Å². The van der Waals surface area contributed by atoms with Crippen LogP contribution in [0.5, 0.6) is 0 Å². The van der Waals surface area contributed by atoms with Gasteiger partial charge in [0.15, 0.2) is 11.5 Å². The number of anilines is 2. The number of nitrogen functional groups attached to an aromatic ring is 1. The van der Waals surface area contributed by atoms with E-state index in [0.29, 0.717) is 36.2 Å². The van der Waals surface area contributed by atoms with Crippen LogP contribution in [0.25, 0.3) is 11.2 Å². The topological polar surface area (TPSA) is 179 Å². The van der Waals surface area contributed by atoms with E-state index < -0.39 is 14.9 Å². The van der Waals surface area contributed by atoms with Crippen LogP contribution in [-0.4, -0.2) is 68.4 Å². The highest BCUT2D eigenvalue weighted by Gasteiger charge is 2.37. The molecule has 0 amide bonds. The molecule has 16 heteroatoms. The summed E-state index contributed by atoms with van der Waals surface area (Å²) in [4.78, 5) is 27.2. The van der Waals surface area contributed by atoms with E-state index in [0.717, 1.165) is 50.2 Å². The van der Waals surface area contributed by atoms with Gasteiger partial charge in [0, 0.05) is 49.4 Å². The van der Waals surface area contributed by atoms with E-state index in [4.69, 9.17) is 21.4 Å². The second-order valence-corrected chi connectivity index (χ2v) is 13.5. The second kappa shape index (κ2) is 13.5. The van der Waals surface area contributed by atoms with Crippen molar-refractivity contribution < 1.29 is 13.3 Å². The van der Waals surface area contributed by atoms with Gasteiger partial charge in [-0.05, 0) is 57.4 Å². The Labute approximate surface area is 263 Å². The van der Waals surface area contributed by atoms with Crippen molar-refractivity contribution in [1.82, 2.24) is 23.8 Å². The average Bonchev–Trinajstić information content (AvgIpc) is 3.65. The predicted octanol–water partition coefficient (Wildman–Crippen LogP) is 4.21. The molecule has 0 spiro atoms. The van der Waals surface area contributed by atoms with Gasteiger partial charge in [0.1, 0.15) is 5.52 Å². The molecule has 1 saturated heterocycles. The van der Waals surface area contributed by atoms with Gasteiger partial charge in [-0.3, -0.25) is 10.1 Å². The molecule has 3 fully saturated rings. The molecular weight excluding hydrogens is 617 g/mol. The molecular formula is C27H39Cl2N9O4S. The largest absolute Gasteiger partial charge is 0.382 e. The van der Waals surface area contributed by atoms with Crippen LogP contribution >= 0.6 is 24.8 Å². The number of hydrogen-bond acceptors (Lipinski definition) is 10. The molecule has 0 radical (unpaired) electrons. The number of nitrogens with two attached hydrogens (primary N) is 2. The molecule has 13 nitrogen and oxygen atoms in total. The standard InChI is InChI=1S/C27H37N9O4S.2ClH/c28-18-8-10-20(11-9-18)35(27-31-25(29)24-26(32-27)34(17-30-24)19-4-1-2-5-19)21-12-14-33(15-13-21)41(39,40)23-7-3-6-22(16-23)36(37)38;;/h3,6-7,16-21H,1-2,4-5,8-15,28H2,(H2,29,31,32);2*1H. The smallest absolute Gasteiger partial charge is 0.270 e. The minimum Gasteiger partial charge on any atom is -0.382 e. The van der Waals surface area contributed by atoms with E-state index in [2.05, 4.69) is 14.5 Å².